The van der Waals surface area contributed by atoms with Crippen LogP contribution in [0.5, 0.6) is 0 Å². The van der Waals surface area contributed by atoms with E-state index in [-0.39, 0.29) is 11.0 Å². The number of hydrogen-bond donors (Lipinski definition) is 1. The molecule has 1 saturated heterocycles. The van der Waals surface area contributed by atoms with Gasteiger partial charge in [-0.3, -0.25) is 14.4 Å². The van der Waals surface area contributed by atoms with Crippen molar-refractivity contribution in [3.8, 4) is 0 Å². The number of hydrogen-bond acceptors (Lipinski definition) is 6. The molecule has 0 atom stereocenters. The predicted octanol–water partition coefficient (Wildman–Crippen LogP) is 5.17. The molecule has 0 unspecified atom stereocenters. The lowest BCUT2D eigenvalue weighted by molar-refractivity contribution is 0.175. The zero-order valence-electron chi connectivity index (χ0n) is 20.7. The van der Waals surface area contributed by atoms with Crippen molar-refractivity contribution < 1.29 is 0 Å². The number of halogens is 1. The quantitative estimate of drug-likeness (QED) is 0.263. The molecule has 9 heteroatoms. The van der Waals surface area contributed by atoms with Gasteiger partial charge in [0.15, 0.2) is 0 Å². The molecular weight excluding hydrogens is 492 g/mol. The average molecular weight is 523 g/mol. The maximum absolute atomic E-state index is 13.3. The van der Waals surface area contributed by atoms with Gasteiger partial charge in [0.2, 0.25) is 0 Å². The van der Waals surface area contributed by atoms with Crippen molar-refractivity contribution in [1.82, 2.24) is 14.5 Å². The van der Waals surface area contributed by atoms with Crippen molar-refractivity contribution in [2.75, 3.05) is 19.6 Å². The van der Waals surface area contributed by atoms with Gasteiger partial charge in [0.1, 0.15) is 10.9 Å². The molecule has 0 saturated carbocycles. The highest BCUT2D eigenvalue weighted by molar-refractivity contribution is 8.03. The molecule has 1 aliphatic rings. The normalized spacial score (nSPS) is 16.4. The highest BCUT2D eigenvalue weighted by atomic mass is 35.5. The van der Waals surface area contributed by atoms with E-state index in [0.29, 0.717) is 38.9 Å². The van der Waals surface area contributed by atoms with Crippen LogP contribution in [-0.4, -0.2) is 46.6 Å². The number of aliphatic imine (C=N–C) groups is 2. The van der Waals surface area contributed by atoms with Crippen LogP contribution in [0.3, 0.4) is 0 Å². The molecule has 0 aliphatic carbocycles. The van der Waals surface area contributed by atoms with Gasteiger partial charge in [-0.05, 0) is 56.1 Å². The molecule has 0 bridgehead atoms. The third-order valence-electron chi connectivity index (χ3n) is 6.74. The fourth-order valence-electron chi connectivity index (χ4n) is 4.17. The smallest absolute Gasteiger partial charge is 0.263 e. The Labute approximate surface area is 220 Å². The molecule has 0 spiro atoms. The largest absolute Gasteiger partial charge is 0.360 e. The maximum Gasteiger partial charge on any atom is 0.263 e. The van der Waals surface area contributed by atoms with E-state index >= 15 is 0 Å². The molecule has 1 aliphatic heterocycles. The molecule has 1 aromatic heterocycles. The highest BCUT2D eigenvalue weighted by Gasteiger charge is 2.28. The van der Waals surface area contributed by atoms with Gasteiger partial charge in [0, 0.05) is 18.0 Å². The van der Waals surface area contributed by atoms with Gasteiger partial charge in [-0.1, -0.05) is 60.6 Å². The second-order valence-electron chi connectivity index (χ2n) is 9.34. The Kier molecular flexibility index (Phi) is 8.28. The van der Waals surface area contributed by atoms with Crippen LogP contribution in [-0.2, 0) is 6.54 Å². The number of nitrogens with zero attached hydrogens (tertiary/aromatic N) is 5. The first-order valence-corrected chi connectivity index (χ1v) is 13.1. The van der Waals surface area contributed by atoms with E-state index in [4.69, 9.17) is 17.3 Å². The van der Waals surface area contributed by atoms with Gasteiger partial charge in [-0.25, -0.2) is 9.98 Å². The molecule has 4 rings (SSSR count). The lowest BCUT2D eigenvalue weighted by atomic mass is 9.80. The first-order valence-electron chi connectivity index (χ1n) is 11.9. The van der Waals surface area contributed by atoms with Crippen LogP contribution in [0.4, 0.5) is 0 Å². The summed E-state index contributed by atoms with van der Waals surface area (Å²) in [5.41, 5.74) is 7.52. The van der Waals surface area contributed by atoms with Crippen molar-refractivity contribution in [3.05, 3.63) is 81.0 Å². The van der Waals surface area contributed by atoms with Crippen LogP contribution in [0.2, 0.25) is 5.02 Å². The lowest BCUT2D eigenvalue weighted by Gasteiger charge is -2.39. The van der Waals surface area contributed by atoms with E-state index in [1.165, 1.54) is 11.8 Å². The number of aromatic nitrogens is 2. The van der Waals surface area contributed by atoms with Crippen molar-refractivity contribution in [2.45, 2.75) is 38.1 Å². The Morgan fingerprint density at radius 2 is 1.97 bits per heavy atom. The molecule has 2 aromatic carbocycles. The fourth-order valence-corrected chi connectivity index (χ4v) is 5.25. The van der Waals surface area contributed by atoms with E-state index in [9.17, 15) is 4.79 Å². The SMILES string of the molecule is C=N/C(=C\N=C(/C)N1CCC(C)(CN)CC1)Sc1ccc2ncn(Cc3ccccc3)c(=O)c2c1Cl. The molecule has 1 fully saturated rings. The van der Waals surface area contributed by atoms with Gasteiger partial charge in [-0.15, -0.1) is 0 Å². The van der Waals surface area contributed by atoms with E-state index in [1.807, 2.05) is 43.3 Å². The maximum atomic E-state index is 13.3. The summed E-state index contributed by atoms with van der Waals surface area (Å²) in [7, 11) is 0. The number of piperidine rings is 1. The number of amidine groups is 1. The monoisotopic (exact) mass is 522 g/mol. The van der Waals surface area contributed by atoms with Gasteiger partial charge in [-0.2, -0.15) is 0 Å². The second kappa shape index (κ2) is 11.4. The number of thioether (sulfide) groups is 1. The third kappa shape index (κ3) is 5.88. The lowest BCUT2D eigenvalue weighted by Crippen LogP contribution is -2.44. The Morgan fingerprint density at radius 3 is 2.64 bits per heavy atom. The number of nitrogens with two attached hydrogens (primary N) is 1. The van der Waals surface area contributed by atoms with Crippen LogP contribution in [0.1, 0.15) is 32.3 Å². The number of benzene rings is 2. The van der Waals surface area contributed by atoms with Crippen LogP contribution in [0.15, 0.2) is 79.7 Å². The van der Waals surface area contributed by atoms with Crippen molar-refractivity contribution in [3.63, 3.8) is 0 Å². The number of rotatable bonds is 7. The summed E-state index contributed by atoms with van der Waals surface area (Å²) >= 11 is 8.05. The molecule has 36 heavy (non-hydrogen) atoms. The topological polar surface area (TPSA) is 88.9 Å². The zero-order chi connectivity index (χ0) is 25.7. The van der Waals surface area contributed by atoms with E-state index < -0.39 is 0 Å². The standard InChI is InChI=1S/C27H31ClN6OS/c1-19(33-13-11-27(2,17-29)12-14-33)31-15-23(30-3)36-22-10-9-21-24(25(22)28)26(35)34(18-32-21)16-20-7-5-4-6-8-20/h4-10,15,18H,3,11-14,16-17,29H2,1-2H3/b23-15+,31-19+. The minimum absolute atomic E-state index is 0.183. The van der Waals surface area contributed by atoms with Crippen LogP contribution >= 0.6 is 23.4 Å². The second-order valence-corrected chi connectivity index (χ2v) is 10.8. The zero-order valence-corrected chi connectivity index (χ0v) is 22.2. The van der Waals surface area contributed by atoms with E-state index in [0.717, 1.165) is 37.3 Å². The van der Waals surface area contributed by atoms with Crippen molar-refractivity contribution in [2.24, 2.45) is 21.1 Å². The van der Waals surface area contributed by atoms with Crippen molar-refractivity contribution in [1.29, 1.82) is 0 Å². The highest BCUT2D eigenvalue weighted by Crippen LogP contribution is 2.36. The third-order valence-corrected chi connectivity index (χ3v) is 8.25. The van der Waals surface area contributed by atoms with Crippen LogP contribution in [0.25, 0.3) is 10.9 Å². The van der Waals surface area contributed by atoms with Crippen LogP contribution in [0, 0.1) is 5.41 Å². The Bertz CT molecular complexity index is 1360. The predicted molar refractivity (Wildman–Crippen MR) is 151 cm³/mol. The summed E-state index contributed by atoms with van der Waals surface area (Å²) in [5, 5.41) is 1.33. The number of likely N-dealkylation sites (tertiary alicyclic amines) is 1. The first kappa shape index (κ1) is 26.1. The fraction of sp³-hybridized carbons (Fsp3) is 0.333. The van der Waals surface area contributed by atoms with Crippen LogP contribution < -0.4 is 11.3 Å². The molecule has 3 aromatic rings. The number of fused-ring (bicyclic) bond motifs is 1. The average Bonchev–Trinajstić information content (AvgIpc) is 2.90. The van der Waals surface area contributed by atoms with Gasteiger partial charge in [0.25, 0.3) is 5.56 Å². The summed E-state index contributed by atoms with van der Waals surface area (Å²) in [6, 6.07) is 13.4. The first-order chi connectivity index (χ1) is 17.3. The summed E-state index contributed by atoms with van der Waals surface area (Å²) < 4.78 is 1.57. The summed E-state index contributed by atoms with van der Waals surface area (Å²) in [6.45, 7) is 10.9. The molecule has 2 N–H and O–H groups in total. The van der Waals surface area contributed by atoms with Gasteiger partial charge >= 0.3 is 0 Å². The summed E-state index contributed by atoms with van der Waals surface area (Å²) in [5.74, 6) is 0.924. The molecule has 0 amide bonds. The molecular formula is C27H31ClN6OS. The Morgan fingerprint density at radius 1 is 1.25 bits per heavy atom. The molecule has 0 radical (unpaired) electrons. The van der Waals surface area contributed by atoms with E-state index in [2.05, 4.69) is 33.5 Å². The summed E-state index contributed by atoms with van der Waals surface area (Å²) in [4.78, 5) is 29.4. The Balaban J connectivity index is 1.56. The van der Waals surface area contributed by atoms with Crippen molar-refractivity contribution >= 4 is 46.8 Å². The van der Waals surface area contributed by atoms with Gasteiger partial charge < -0.3 is 10.6 Å². The Hall–Kier alpha value is -2.94. The summed E-state index contributed by atoms with van der Waals surface area (Å²) in [6.07, 6.45) is 5.35. The minimum Gasteiger partial charge on any atom is -0.360 e. The van der Waals surface area contributed by atoms with E-state index in [1.54, 1.807) is 23.2 Å². The molecule has 188 valence electrons. The minimum atomic E-state index is -0.183. The molecule has 2 heterocycles. The molecule has 7 nitrogen and oxygen atoms in total. The van der Waals surface area contributed by atoms with Gasteiger partial charge in [0.05, 0.1) is 35.0 Å².